The average molecular weight is 567 g/mol. The molecule has 0 spiro atoms. The summed E-state index contributed by atoms with van der Waals surface area (Å²) in [6.07, 6.45) is 30.3. The minimum Gasteiger partial charge on any atom is -0.481 e. The van der Waals surface area contributed by atoms with Gasteiger partial charge >= 0.3 is 11.9 Å². The van der Waals surface area contributed by atoms with Crippen LogP contribution in [-0.4, -0.2) is 22.2 Å². The van der Waals surface area contributed by atoms with Gasteiger partial charge in [-0.05, 0) is 43.4 Å². The Hall–Kier alpha value is -1.06. The Balaban J connectivity index is 4.33. The highest BCUT2D eigenvalue weighted by atomic mass is 16.4. The SMILES string of the molecule is CCCCC(CC)CC(CC(CC)CCCC)C(CCCCCCCCCCCCCCCCC(=O)O)C(=O)O. The van der Waals surface area contributed by atoms with Gasteiger partial charge in [-0.1, -0.05) is 163 Å². The maximum atomic E-state index is 12.5. The largest absolute Gasteiger partial charge is 0.481 e. The fraction of sp³-hybridized carbons (Fsp3) is 0.944. The lowest BCUT2D eigenvalue weighted by atomic mass is 9.74. The van der Waals surface area contributed by atoms with E-state index < -0.39 is 11.9 Å². The normalized spacial score (nSPS) is 14.6. The smallest absolute Gasteiger partial charge is 0.306 e. The molecule has 0 saturated heterocycles. The van der Waals surface area contributed by atoms with Crippen molar-refractivity contribution in [2.75, 3.05) is 0 Å². The van der Waals surface area contributed by atoms with E-state index in [2.05, 4.69) is 27.7 Å². The first kappa shape index (κ1) is 38.9. The predicted octanol–water partition coefficient (Wildman–Crippen LogP) is 11.8. The maximum Gasteiger partial charge on any atom is 0.306 e. The zero-order chi connectivity index (χ0) is 29.8. The van der Waals surface area contributed by atoms with Crippen LogP contribution in [0.4, 0.5) is 0 Å². The number of carbonyl (C=O) groups is 2. The second kappa shape index (κ2) is 28.1. The first-order valence-electron chi connectivity index (χ1n) is 17.8. The van der Waals surface area contributed by atoms with Crippen LogP contribution >= 0.6 is 0 Å². The molecule has 0 fully saturated rings. The summed E-state index contributed by atoms with van der Waals surface area (Å²) in [5, 5.41) is 18.9. The van der Waals surface area contributed by atoms with Crippen molar-refractivity contribution in [3.05, 3.63) is 0 Å². The van der Waals surface area contributed by atoms with E-state index >= 15 is 0 Å². The summed E-state index contributed by atoms with van der Waals surface area (Å²) in [6, 6.07) is 0. The Morgan fingerprint density at radius 3 is 1.20 bits per heavy atom. The molecule has 4 nitrogen and oxygen atoms in total. The van der Waals surface area contributed by atoms with Gasteiger partial charge in [-0.25, -0.2) is 0 Å². The summed E-state index contributed by atoms with van der Waals surface area (Å²) < 4.78 is 0. The van der Waals surface area contributed by atoms with Gasteiger partial charge in [0.15, 0.2) is 0 Å². The van der Waals surface area contributed by atoms with Gasteiger partial charge in [-0.3, -0.25) is 9.59 Å². The first-order chi connectivity index (χ1) is 19.4. The van der Waals surface area contributed by atoms with Crippen LogP contribution in [0.1, 0.15) is 195 Å². The number of rotatable bonds is 31. The highest BCUT2D eigenvalue weighted by Crippen LogP contribution is 2.36. The fourth-order valence-corrected chi connectivity index (χ4v) is 6.57. The summed E-state index contributed by atoms with van der Waals surface area (Å²) >= 11 is 0. The van der Waals surface area contributed by atoms with Gasteiger partial charge in [0.05, 0.1) is 5.92 Å². The molecule has 238 valence electrons. The second-order valence-electron chi connectivity index (χ2n) is 12.9. The van der Waals surface area contributed by atoms with Crippen molar-refractivity contribution in [1.82, 2.24) is 0 Å². The molecule has 0 amide bonds. The molecule has 0 aromatic carbocycles. The molecule has 0 rings (SSSR count). The van der Waals surface area contributed by atoms with E-state index in [4.69, 9.17) is 5.11 Å². The molecule has 3 atom stereocenters. The van der Waals surface area contributed by atoms with Crippen LogP contribution in [0.2, 0.25) is 0 Å². The number of aliphatic carboxylic acids is 2. The molecular weight excluding hydrogens is 496 g/mol. The van der Waals surface area contributed by atoms with E-state index in [0.29, 0.717) is 24.2 Å². The predicted molar refractivity (Wildman–Crippen MR) is 172 cm³/mol. The van der Waals surface area contributed by atoms with Gasteiger partial charge in [-0.15, -0.1) is 0 Å². The quantitative estimate of drug-likeness (QED) is 0.0818. The first-order valence-corrected chi connectivity index (χ1v) is 17.8. The lowest BCUT2D eigenvalue weighted by Gasteiger charge is -2.31. The lowest BCUT2D eigenvalue weighted by molar-refractivity contribution is -0.144. The molecule has 3 unspecified atom stereocenters. The monoisotopic (exact) mass is 567 g/mol. The topological polar surface area (TPSA) is 74.6 Å². The Morgan fingerprint density at radius 1 is 0.500 bits per heavy atom. The minimum atomic E-state index is -0.672. The average Bonchev–Trinajstić information content (AvgIpc) is 2.93. The van der Waals surface area contributed by atoms with E-state index in [0.717, 1.165) is 38.5 Å². The standard InChI is InChI=1S/C36H70O4/c1-5-9-25-31(7-3)29-33(30-32(8-4)26-10-6-2)34(36(39)40)27-23-21-19-17-15-13-11-12-14-16-18-20-22-24-28-35(37)38/h31-34H,5-30H2,1-4H3,(H,37,38)(H,39,40). The number of hydrogen-bond acceptors (Lipinski definition) is 2. The summed E-state index contributed by atoms with van der Waals surface area (Å²) in [7, 11) is 0. The zero-order valence-corrected chi connectivity index (χ0v) is 27.4. The van der Waals surface area contributed by atoms with Crippen molar-refractivity contribution in [2.24, 2.45) is 23.7 Å². The van der Waals surface area contributed by atoms with Crippen LogP contribution in [0.3, 0.4) is 0 Å². The van der Waals surface area contributed by atoms with Crippen LogP contribution in [0.5, 0.6) is 0 Å². The van der Waals surface area contributed by atoms with Crippen molar-refractivity contribution in [3.8, 4) is 0 Å². The van der Waals surface area contributed by atoms with Crippen molar-refractivity contribution in [2.45, 2.75) is 195 Å². The molecule has 40 heavy (non-hydrogen) atoms. The van der Waals surface area contributed by atoms with Crippen LogP contribution in [0.25, 0.3) is 0 Å². The number of carboxylic acid groups (broad SMARTS) is 2. The van der Waals surface area contributed by atoms with Gasteiger partial charge in [0.1, 0.15) is 0 Å². The summed E-state index contributed by atoms with van der Waals surface area (Å²) in [5.41, 5.74) is 0. The Labute approximate surface area is 249 Å². The van der Waals surface area contributed by atoms with Crippen LogP contribution in [0, 0.1) is 23.7 Å². The number of hydrogen-bond donors (Lipinski definition) is 2. The Morgan fingerprint density at radius 2 is 0.875 bits per heavy atom. The van der Waals surface area contributed by atoms with E-state index in [-0.39, 0.29) is 5.92 Å². The second-order valence-corrected chi connectivity index (χ2v) is 12.9. The molecule has 0 aliphatic rings. The molecule has 0 heterocycles. The number of carboxylic acids is 2. The summed E-state index contributed by atoms with van der Waals surface area (Å²) in [6.45, 7) is 9.13. The third kappa shape index (κ3) is 22.6. The van der Waals surface area contributed by atoms with Gasteiger partial charge in [0.2, 0.25) is 0 Å². The van der Waals surface area contributed by atoms with Gasteiger partial charge in [0.25, 0.3) is 0 Å². The van der Waals surface area contributed by atoms with E-state index in [9.17, 15) is 14.7 Å². The molecule has 0 aliphatic carbocycles. The molecule has 2 N–H and O–H groups in total. The van der Waals surface area contributed by atoms with Gasteiger partial charge < -0.3 is 10.2 Å². The van der Waals surface area contributed by atoms with Gasteiger partial charge in [-0.2, -0.15) is 0 Å². The molecule has 4 heteroatoms. The molecular formula is C36H70O4. The third-order valence-electron chi connectivity index (χ3n) is 9.40. The Bertz CT molecular complexity index is 557. The third-order valence-corrected chi connectivity index (χ3v) is 9.40. The molecule has 0 bridgehead atoms. The van der Waals surface area contributed by atoms with Crippen molar-refractivity contribution < 1.29 is 19.8 Å². The maximum absolute atomic E-state index is 12.5. The minimum absolute atomic E-state index is 0.163. The van der Waals surface area contributed by atoms with Crippen molar-refractivity contribution in [3.63, 3.8) is 0 Å². The van der Waals surface area contributed by atoms with E-state index in [1.54, 1.807) is 0 Å². The molecule has 0 aromatic heterocycles. The van der Waals surface area contributed by atoms with Crippen LogP contribution < -0.4 is 0 Å². The van der Waals surface area contributed by atoms with Gasteiger partial charge in [0, 0.05) is 6.42 Å². The van der Waals surface area contributed by atoms with Crippen LogP contribution in [-0.2, 0) is 9.59 Å². The summed E-state index contributed by atoms with van der Waals surface area (Å²) in [5.74, 6) is 0.323. The highest BCUT2D eigenvalue weighted by molar-refractivity contribution is 5.70. The number of unbranched alkanes of at least 4 members (excludes halogenated alkanes) is 15. The summed E-state index contributed by atoms with van der Waals surface area (Å²) in [4.78, 5) is 23.0. The molecule has 0 aliphatic heterocycles. The fourth-order valence-electron chi connectivity index (χ4n) is 6.57. The molecule has 0 aromatic rings. The molecule has 0 radical (unpaired) electrons. The Kier molecular flexibility index (Phi) is 27.3. The van der Waals surface area contributed by atoms with E-state index in [1.165, 1.54) is 122 Å². The van der Waals surface area contributed by atoms with Crippen molar-refractivity contribution >= 4 is 11.9 Å². The van der Waals surface area contributed by atoms with E-state index in [1.807, 2.05) is 0 Å². The highest BCUT2D eigenvalue weighted by Gasteiger charge is 2.31. The van der Waals surface area contributed by atoms with Crippen molar-refractivity contribution in [1.29, 1.82) is 0 Å². The molecule has 0 saturated carbocycles. The van der Waals surface area contributed by atoms with Crippen LogP contribution in [0.15, 0.2) is 0 Å². The lowest BCUT2D eigenvalue weighted by Crippen LogP contribution is -2.28. The zero-order valence-electron chi connectivity index (χ0n) is 27.4.